The van der Waals surface area contributed by atoms with E-state index in [0.29, 0.717) is 35.1 Å². The summed E-state index contributed by atoms with van der Waals surface area (Å²) in [5.41, 5.74) is 7.41. The number of hydrogen-bond donors (Lipinski definition) is 1. The summed E-state index contributed by atoms with van der Waals surface area (Å²) in [6, 6.07) is 14.2. The number of halogens is 1. The van der Waals surface area contributed by atoms with Gasteiger partial charge < -0.3 is 15.1 Å². The summed E-state index contributed by atoms with van der Waals surface area (Å²) in [4.78, 5) is 15.2. The lowest BCUT2D eigenvalue weighted by molar-refractivity contribution is 0.0760. The van der Waals surface area contributed by atoms with Crippen molar-refractivity contribution in [1.29, 1.82) is 0 Å². The van der Waals surface area contributed by atoms with Crippen molar-refractivity contribution in [2.24, 2.45) is 5.73 Å². The van der Waals surface area contributed by atoms with E-state index in [9.17, 15) is 9.18 Å². The standard InChI is InChI=1S/C20H19FN2O2S/c21-16-6-2-4-8-18(16)26-12-15-14-5-1-3-7-17(14)25-19(15)20(24)23-10-9-13(22)11-23/h1-8,13H,9-12,22H2/t13-/m1/s1. The minimum atomic E-state index is -0.260. The normalized spacial score (nSPS) is 17.2. The van der Waals surface area contributed by atoms with Gasteiger partial charge in [0.25, 0.3) is 5.91 Å². The number of furan rings is 1. The van der Waals surface area contributed by atoms with Crippen LogP contribution in [-0.2, 0) is 5.75 Å². The molecule has 134 valence electrons. The second-order valence-electron chi connectivity index (χ2n) is 6.42. The maximum absolute atomic E-state index is 13.9. The highest BCUT2D eigenvalue weighted by Gasteiger charge is 2.29. The summed E-state index contributed by atoms with van der Waals surface area (Å²) in [7, 11) is 0. The van der Waals surface area contributed by atoms with Crippen LogP contribution in [0.4, 0.5) is 4.39 Å². The van der Waals surface area contributed by atoms with Gasteiger partial charge in [-0.1, -0.05) is 30.3 Å². The Morgan fingerprint density at radius 3 is 2.77 bits per heavy atom. The topological polar surface area (TPSA) is 59.5 Å². The summed E-state index contributed by atoms with van der Waals surface area (Å²) in [5.74, 6) is 0.393. The molecular weight excluding hydrogens is 351 g/mol. The zero-order chi connectivity index (χ0) is 18.1. The molecule has 1 atom stereocenters. The molecule has 0 radical (unpaired) electrons. The summed E-state index contributed by atoms with van der Waals surface area (Å²) < 4.78 is 19.8. The number of rotatable bonds is 4. The highest BCUT2D eigenvalue weighted by molar-refractivity contribution is 7.98. The second-order valence-corrected chi connectivity index (χ2v) is 7.44. The number of hydrogen-bond acceptors (Lipinski definition) is 4. The van der Waals surface area contributed by atoms with Crippen LogP contribution in [0.15, 0.2) is 57.8 Å². The van der Waals surface area contributed by atoms with E-state index in [2.05, 4.69) is 0 Å². The molecular formula is C20H19FN2O2S. The van der Waals surface area contributed by atoms with Gasteiger partial charge in [0.15, 0.2) is 5.76 Å². The van der Waals surface area contributed by atoms with Crippen molar-refractivity contribution in [1.82, 2.24) is 4.90 Å². The average Bonchev–Trinajstić information content (AvgIpc) is 3.24. The number of amides is 1. The predicted octanol–water partition coefficient (Wildman–Crippen LogP) is 4.04. The van der Waals surface area contributed by atoms with E-state index in [1.54, 1.807) is 23.1 Å². The van der Waals surface area contributed by atoms with E-state index in [4.69, 9.17) is 10.2 Å². The van der Waals surface area contributed by atoms with Crippen molar-refractivity contribution in [3.05, 3.63) is 65.7 Å². The number of para-hydroxylation sites is 1. The van der Waals surface area contributed by atoms with Crippen molar-refractivity contribution in [3.8, 4) is 0 Å². The van der Waals surface area contributed by atoms with Gasteiger partial charge in [-0.25, -0.2) is 4.39 Å². The minimum absolute atomic E-state index is 0.0135. The van der Waals surface area contributed by atoms with Gasteiger partial charge in [0, 0.05) is 40.7 Å². The largest absolute Gasteiger partial charge is 0.451 e. The lowest BCUT2D eigenvalue weighted by Crippen LogP contribution is -2.32. The minimum Gasteiger partial charge on any atom is -0.451 e. The Morgan fingerprint density at radius 2 is 2.00 bits per heavy atom. The van der Waals surface area contributed by atoms with Gasteiger partial charge in [0.1, 0.15) is 11.4 Å². The lowest BCUT2D eigenvalue weighted by Gasteiger charge is -2.15. The third-order valence-corrected chi connectivity index (χ3v) is 5.69. The van der Waals surface area contributed by atoms with E-state index in [1.807, 2.05) is 24.3 Å². The zero-order valence-electron chi connectivity index (χ0n) is 14.2. The van der Waals surface area contributed by atoms with Crippen LogP contribution in [0.3, 0.4) is 0 Å². The van der Waals surface area contributed by atoms with E-state index < -0.39 is 0 Å². The number of thioether (sulfide) groups is 1. The highest BCUT2D eigenvalue weighted by Crippen LogP contribution is 2.34. The molecule has 0 spiro atoms. The van der Waals surface area contributed by atoms with Gasteiger partial charge in [0.05, 0.1) is 0 Å². The smallest absolute Gasteiger partial charge is 0.289 e. The molecule has 0 aliphatic carbocycles. The van der Waals surface area contributed by atoms with Crippen molar-refractivity contribution in [2.45, 2.75) is 23.1 Å². The molecule has 1 aliphatic rings. The molecule has 4 rings (SSSR count). The summed E-state index contributed by atoms with van der Waals surface area (Å²) in [5, 5.41) is 0.892. The average molecular weight is 370 g/mol. The van der Waals surface area contributed by atoms with Crippen molar-refractivity contribution in [3.63, 3.8) is 0 Å². The maximum atomic E-state index is 13.9. The van der Waals surface area contributed by atoms with Crippen LogP contribution in [0, 0.1) is 5.82 Å². The number of carbonyl (C=O) groups is 1. The summed E-state index contributed by atoms with van der Waals surface area (Å²) in [6.45, 7) is 1.17. The second kappa shape index (κ2) is 7.13. The number of nitrogens with two attached hydrogens (primary N) is 1. The predicted molar refractivity (Wildman–Crippen MR) is 101 cm³/mol. The van der Waals surface area contributed by atoms with Crippen molar-refractivity contribution < 1.29 is 13.6 Å². The fourth-order valence-corrected chi connectivity index (χ4v) is 4.21. The molecule has 0 bridgehead atoms. The number of benzene rings is 2. The molecule has 4 nitrogen and oxygen atoms in total. The number of fused-ring (bicyclic) bond motifs is 1. The monoisotopic (exact) mass is 370 g/mol. The van der Waals surface area contributed by atoms with Crippen LogP contribution in [-0.4, -0.2) is 29.9 Å². The van der Waals surface area contributed by atoms with Crippen LogP contribution in [0.1, 0.15) is 22.5 Å². The van der Waals surface area contributed by atoms with Crippen molar-refractivity contribution >= 4 is 28.6 Å². The fourth-order valence-electron chi connectivity index (χ4n) is 3.24. The molecule has 6 heteroatoms. The fraction of sp³-hybridized carbons (Fsp3) is 0.250. The Bertz CT molecular complexity index is 956. The Hall–Kier alpha value is -2.31. The first kappa shape index (κ1) is 17.1. The molecule has 2 N–H and O–H groups in total. The number of likely N-dealkylation sites (tertiary alicyclic amines) is 1. The van der Waals surface area contributed by atoms with Crippen LogP contribution < -0.4 is 5.73 Å². The first-order chi connectivity index (χ1) is 12.6. The first-order valence-electron chi connectivity index (χ1n) is 8.56. The molecule has 1 amide bonds. The van der Waals surface area contributed by atoms with E-state index in [-0.39, 0.29) is 17.8 Å². The molecule has 3 aromatic rings. The molecule has 1 aliphatic heterocycles. The van der Waals surface area contributed by atoms with E-state index in [1.165, 1.54) is 17.8 Å². The molecule has 1 fully saturated rings. The van der Waals surface area contributed by atoms with Gasteiger partial charge in [-0.2, -0.15) is 0 Å². The molecule has 26 heavy (non-hydrogen) atoms. The van der Waals surface area contributed by atoms with Gasteiger partial charge in [-0.05, 0) is 24.6 Å². The Balaban J connectivity index is 1.68. The maximum Gasteiger partial charge on any atom is 0.289 e. The van der Waals surface area contributed by atoms with Crippen LogP contribution in [0.25, 0.3) is 11.0 Å². The van der Waals surface area contributed by atoms with Crippen LogP contribution in [0.2, 0.25) is 0 Å². The molecule has 2 heterocycles. The molecule has 1 aromatic heterocycles. The summed E-state index contributed by atoms with van der Waals surface area (Å²) >= 11 is 1.36. The van der Waals surface area contributed by atoms with Crippen LogP contribution >= 0.6 is 11.8 Å². The van der Waals surface area contributed by atoms with Crippen molar-refractivity contribution in [2.75, 3.05) is 13.1 Å². The third-order valence-electron chi connectivity index (χ3n) is 4.61. The molecule has 0 unspecified atom stereocenters. The SMILES string of the molecule is N[C@@H]1CCN(C(=O)c2oc3ccccc3c2CSc2ccccc2F)C1. The van der Waals surface area contributed by atoms with Crippen LogP contribution in [0.5, 0.6) is 0 Å². The Labute approximate surface area is 155 Å². The lowest BCUT2D eigenvalue weighted by atomic mass is 10.1. The zero-order valence-corrected chi connectivity index (χ0v) is 15.0. The first-order valence-corrected chi connectivity index (χ1v) is 9.54. The number of nitrogens with zero attached hydrogens (tertiary/aromatic N) is 1. The van der Waals surface area contributed by atoms with E-state index in [0.717, 1.165) is 17.4 Å². The number of carbonyl (C=O) groups excluding carboxylic acids is 1. The summed E-state index contributed by atoms with van der Waals surface area (Å²) in [6.07, 6.45) is 0.797. The van der Waals surface area contributed by atoms with Gasteiger partial charge in [0.2, 0.25) is 0 Å². The highest BCUT2D eigenvalue weighted by atomic mass is 32.2. The molecule has 0 saturated carbocycles. The molecule has 2 aromatic carbocycles. The Kier molecular flexibility index (Phi) is 4.70. The molecule has 1 saturated heterocycles. The quantitative estimate of drug-likeness (QED) is 0.704. The van der Waals surface area contributed by atoms with Gasteiger partial charge >= 0.3 is 0 Å². The van der Waals surface area contributed by atoms with E-state index >= 15 is 0 Å². The Morgan fingerprint density at radius 1 is 1.23 bits per heavy atom. The van der Waals surface area contributed by atoms with Gasteiger partial charge in [-0.3, -0.25) is 4.79 Å². The third kappa shape index (κ3) is 3.22. The van der Waals surface area contributed by atoms with Gasteiger partial charge in [-0.15, -0.1) is 11.8 Å².